The fraction of sp³-hybridized carbons (Fsp3) is 0.857. The highest BCUT2D eigenvalue weighted by Crippen LogP contribution is 2.29. The third-order valence-electron chi connectivity index (χ3n) is 4.54. The van der Waals surface area contributed by atoms with Crippen molar-refractivity contribution >= 4 is 12.0 Å². The van der Waals surface area contributed by atoms with Crippen LogP contribution in [0, 0.1) is 11.8 Å². The summed E-state index contributed by atoms with van der Waals surface area (Å²) in [6.45, 7) is 3.09. The van der Waals surface area contributed by atoms with Crippen LogP contribution in [0.25, 0.3) is 0 Å². The number of rotatable bonds is 3. The number of carbonyl (C=O) groups is 2. The van der Waals surface area contributed by atoms with Gasteiger partial charge in [0.15, 0.2) is 0 Å². The molecule has 0 bridgehead atoms. The van der Waals surface area contributed by atoms with E-state index in [-0.39, 0.29) is 24.1 Å². The minimum absolute atomic E-state index is 0.0253. The van der Waals surface area contributed by atoms with Gasteiger partial charge in [0.25, 0.3) is 0 Å². The van der Waals surface area contributed by atoms with E-state index in [1.807, 2.05) is 6.92 Å². The zero-order chi connectivity index (χ0) is 14.9. The summed E-state index contributed by atoms with van der Waals surface area (Å²) in [5, 5.41) is 18.3. The second kappa shape index (κ2) is 5.99. The summed E-state index contributed by atoms with van der Waals surface area (Å²) in [6.07, 6.45) is 2.40. The van der Waals surface area contributed by atoms with Gasteiger partial charge in [0.1, 0.15) is 0 Å². The summed E-state index contributed by atoms with van der Waals surface area (Å²) in [4.78, 5) is 26.9. The third kappa shape index (κ3) is 3.23. The van der Waals surface area contributed by atoms with Crippen LogP contribution in [-0.4, -0.2) is 64.3 Å². The van der Waals surface area contributed by atoms with E-state index in [1.165, 1.54) is 0 Å². The maximum absolute atomic E-state index is 12.4. The Morgan fingerprint density at radius 2 is 1.95 bits per heavy atom. The number of hydrogen-bond donors (Lipinski definition) is 2. The molecule has 1 aliphatic carbocycles. The normalized spacial score (nSPS) is 33.5. The Labute approximate surface area is 119 Å². The van der Waals surface area contributed by atoms with E-state index in [4.69, 9.17) is 5.11 Å². The van der Waals surface area contributed by atoms with Crippen LogP contribution in [-0.2, 0) is 4.79 Å². The lowest BCUT2D eigenvalue weighted by molar-refractivity contribution is -0.143. The van der Waals surface area contributed by atoms with E-state index in [2.05, 4.69) is 0 Å². The number of aliphatic carboxylic acids is 1. The SMILES string of the molecule is CC1CC(C(=O)O)CCN1C(=O)N(C)CC1CC(O)C1. The molecular formula is C14H24N2O4. The number of aliphatic hydroxyl groups is 1. The molecule has 2 rings (SSSR count). The lowest BCUT2D eigenvalue weighted by Crippen LogP contribution is -2.52. The first-order valence-corrected chi connectivity index (χ1v) is 7.31. The van der Waals surface area contributed by atoms with Crippen molar-refractivity contribution < 1.29 is 19.8 Å². The monoisotopic (exact) mass is 284 g/mol. The Kier molecular flexibility index (Phi) is 4.52. The predicted octanol–water partition coefficient (Wildman–Crippen LogP) is 0.994. The molecule has 6 nitrogen and oxygen atoms in total. The van der Waals surface area contributed by atoms with Gasteiger partial charge in [0, 0.05) is 26.2 Å². The zero-order valence-electron chi connectivity index (χ0n) is 12.2. The molecule has 1 aliphatic heterocycles. The van der Waals surface area contributed by atoms with Gasteiger partial charge >= 0.3 is 12.0 Å². The summed E-state index contributed by atoms with van der Waals surface area (Å²) in [7, 11) is 1.78. The van der Waals surface area contributed by atoms with Gasteiger partial charge in [-0.2, -0.15) is 0 Å². The van der Waals surface area contributed by atoms with Crippen LogP contribution in [0.15, 0.2) is 0 Å². The first kappa shape index (κ1) is 15.1. The van der Waals surface area contributed by atoms with Crippen LogP contribution >= 0.6 is 0 Å². The molecule has 2 unspecified atom stereocenters. The minimum atomic E-state index is -0.763. The van der Waals surface area contributed by atoms with Crippen molar-refractivity contribution in [1.29, 1.82) is 0 Å². The number of likely N-dealkylation sites (tertiary alicyclic amines) is 1. The summed E-state index contributed by atoms with van der Waals surface area (Å²) in [5.41, 5.74) is 0. The second-order valence-electron chi connectivity index (χ2n) is 6.26. The molecule has 1 saturated heterocycles. The molecule has 2 N–H and O–H groups in total. The quantitative estimate of drug-likeness (QED) is 0.810. The number of amides is 2. The molecule has 1 saturated carbocycles. The fourth-order valence-electron chi connectivity index (χ4n) is 3.21. The van der Waals surface area contributed by atoms with Crippen molar-refractivity contribution in [2.45, 2.75) is 44.8 Å². The van der Waals surface area contributed by atoms with Crippen LogP contribution in [0.4, 0.5) is 4.79 Å². The van der Waals surface area contributed by atoms with E-state index < -0.39 is 5.97 Å². The largest absolute Gasteiger partial charge is 0.481 e. The van der Waals surface area contributed by atoms with E-state index >= 15 is 0 Å². The maximum atomic E-state index is 12.4. The second-order valence-corrected chi connectivity index (χ2v) is 6.26. The molecule has 1 heterocycles. The number of aliphatic hydroxyl groups excluding tert-OH is 1. The lowest BCUT2D eigenvalue weighted by Gasteiger charge is -2.40. The molecule has 114 valence electrons. The number of urea groups is 1. The van der Waals surface area contributed by atoms with Crippen molar-refractivity contribution in [3.8, 4) is 0 Å². The number of carboxylic acids is 1. The molecule has 0 spiro atoms. The number of carbonyl (C=O) groups excluding carboxylic acids is 1. The molecule has 20 heavy (non-hydrogen) atoms. The zero-order valence-corrected chi connectivity index (χ0v) is 12.2. The third-order valence-corrected chi connectivity index (χ3v) is 4.54. The first-order valence-electron chi connectivity index (χ1n) is 7.31. The van der Waals surface area contributed by atoms with Gasteiger partial charge in [0.2, 0.25) is 0 Å². The minimum Gasteiger partial charge on any atom is -0.481 e. The fourth-order valence-corrected chi connectivity index (χ4v) is 3.21. The van der Waals surface area contributed by atoms with Gasteiger partial charge in [-0.05, 0) is 38.5 Å². The highest BCUT2D eigenvalue weighted by atomic mass is 16.4. The van der Waals surface area contributed by atoms with Gasteiger partial charge in [-0.3, -0.25) is 4.79 Å². The van der Waals surface area contributed by atoms with E-state index in [0.717, 1.165) is 12.8 Å². The van der Waals surface area contributed by atoms with Crippen LogP contribution in [0.3, 0.4) is 0 Å². The number of hydrogen-bond acceptors (Lipinski definition) is 3. The van der Waals surface area contributed by atoms with Gasteiger partial charge < -0.3 is 20.0 Å². The molecule has 2 atom stereocenters. The Bertz CT molecular complexity index is 381. The van der Waals surface area contributed by atoms with Crippen LogP contribution in [0.1, 0.15) is 32.6 Å². The molecule has 6 heteroatoms. The molecule has 2 amide bonds. The van der Waals surface area contributed by atoms with E-state index in [9.17, 15) is 14.7 Å². The Morgan fingerprint density at radius 3 is 2.45 bits per heavy atom. The molecule has 0 radical (unpaired) electrons. The van der Waals surface area contributed by atoms with Gasteiger partial charge in [-0.15, -0.1) is 0 Å². The van der Waals surface area contributed by atoms with Crippen molar-refractivity contribution in [1.82, 2.24) is 9.80 Å². The van der Waals surface area contributed by atoms with Crippen molar-refractivity contribution in [2.24, 2.45) is 11.8 Å². The maximum Gasteiger partial charge on any atom is 0.319 e. The molecule has 2 aliphatic rings. The predicted molar refractivity (Wildman–Crippen MR) is 73.3 cm³/mol. The Morgan fingerprint density at radius 1 is 1.30 bits per heavy atom. The van der Waals surface area contributed by atoms with Crippen molar-refractivity contribution in [3.05, 3.63) is 0 Å². The van der Waals surface area contributed by atoms with Crippen LogP contribution in [0.2, 0.25) is 0 Å². The summed E-state index contributed by atoms with van der Waals surface area (Å²) >= 11 is 0. The summed E-state index contributed by atoms with van der Waals surface area (Å²) in [5.74, 6) is -0.701. The smallest absolute Gasteiger partial charge is 0.319 e. The first-order chi connectivity index (χ1) is 9.38. The molecule has 0 aromatic carbocycles. The number of nitrogens with zero attached hydrogens (tertiary/aromatic N) is 2. The average Bonchev–Trinajstić information content (AvgIpc) is 2.35. The topological polar surface area (TPSA) is 81.1 Å². The van der Waals surface area contributed by atoms with Crippen LogP contribution < -0.4 is 0 Å². The number of carboxylic acid groups (broad SMARTS) is 1. The molecule has 0 aromatic rings. The highest BCUT2D eigenvalue weighted by Gasteiger charge is 2.35. The van der Waals surface area contributed by atoms with E-state index in [0.29, 0.717) is 31.8 Å². The number of piperidine rings is 1. The molecule has 2 fully saturated rings. The Balaban J connectivity index is 1.84. The highest BCUT2D eigenvalue weighted by molar-refractivity contribution is 5.75. The van der Waals surface area contributed by atoms with Gasteiger partial charge in [0.05, 0.1) is 12.0 Å². The standard InChI is InChI=1S/C14H24N2O4/c1-9-5-11(13(18)19)3-4-16(9)14(20)15(2)8-10-6-12(17)7-10/h9-12,17H,3-8H2,1-2H3,(H,18,19). The van der Waals surface area contributed by atoms with Gasteiger partial charge in [-0.25, -0.2) is 4.79 Å². The molecular weight excluding hydrogens is 260 g/mol. The molecule has 0 aromatic heterocycles. The van der Waals surface area contributed by atoms with Crippen molar-refractivity contribution in [3.63, 3.8) is 0 Å². The summed E-state index contributed by atoms with van der Waals surface area (Å²) < 4.78 is 0. The average molecular weight is 284 g/mol. The van der Waals surface area contributed by atoms with Crippen LogP contribution in [0.5, 0.6) is 0 Å². The summed E-state index contributed by atoms with van der Waals surface area (Å²) in [6, 6.07) is -0.0606. The van der Waals surface area contributed by atoms with Crippen molar-refractivity contribution in [2.75, 3.05) is 20.1 Å². The van der Waals surface area contributed by atoms with Gasteiger partial charge in [-0.1, -0.05) is 0 Å². The lowest BCUT2D eigenvalue weighted by atomic mass is 9.82. The Hall–Kier alpha value is -1.30. The van der Waals surface area contributed by atoms with E-state index in [1.54, 1.807) is 16.8 Å².